The second-order valence-electron chi connectivity index (χ2n) is 6.99. The van der Waals surface area contributed by atoms with Crippen LogP contribution in [-0.4, -0.2) is 34.4 Å². The number of benzene rings is 1. The Morgan fingerprint density at radius 3 is 2.85 bits per heavy atom. The molecule has 1 aromatic heterocycles. The normalized spacial score (nSPS) is 17.5. The van der Waals surface area contributed by atoms with Gasteiger partial charge in [0, 0.05) is 18.3 Å². The third kappa shape index (κ3) is 4.25. The molecule has 1 amide bonds. The van der Waals surface area contributed by atoms with Crippen LogP contribution in [0.4, 0.5) is 4.39 Å². The van der Waals surface area contributed by atoms with Crippen molar-refractivity contribution >= 4 is 5.91 Å². The maximum Gasteiger partial charge on any atom is 0.224 e. The van der Waals surface area contributed by atoms with Gasteiger partial charge in [0.05, 0.1) is 18.2 Å². The molecule has 1 N–H and O–H groups in total. The molecule has 1 aliphatic heterocycles. The van der Waals surface area contributed by atoms with Crippen LogP contribution in [0.5, 0.6) is 0 Å². The van der Waals surface area contributed by atoms with Crippen molar-refractivity contribution in [3.8, 4) is 0 Å². The average molecular weight is 356 g/mol. The number of rotatable bonds is 5. The summed E-state index contributed by atoms with van der Waals surface area (Å²) in [6, 6.07) is 4.78. The molecular weight excluding hydrogens is 331 g/mol. The van der Waals surface area contributed by atoms with Gasteiger partial charge in [0.2, 0.25) is 5.91 Å². The number of nitrogens with zero attached hydrogens (tertiary/aromatic N) is 3. The highest BCUT2D eigenvalue weighted by Gasteiger charge is 2.26. The number of halogens is 1. The lowest BCUT2D eigenvalue weighted by Gasteiger charge is -2.21. The highest BCUT2D eigenvalue weighted by atomic mass is 19.1. The third-order valence-corrected chi connectivity index (χ3v) is 4.99. The first kappa shape index (κ1) is 18.5. The standard InChI is InChI=1S/C20H25FN4O/c1-13-9-17(21)7-6-15(13)10-19(26)23-12-16-11-22-14(2)24-20(16)18-5-4-8-25(18)3/h6-7,9,11,18H,4-5,8,10,12H2,1-3H3,(H,23,26)/t18-/m1/s1. The van der Waals surface area contributed by atoms with Crippen LogP contribution in [0.15, 0.2) is 24.4 Å². The Kier molecular flexibility index (Phi) is 5.61. The SMILES string of the molecule is Cc1ncc(CNC(=O)Cc2ccc(F)cc2C)c([C@H]2CCCN2C)n1. The summed E-state index contributed by atoms with van der Waals surface area (Å²) in [4.78, 5) is 23.6. The van der Waals surface area contributed by atoms with Crippen molar-refractivity contribution in [3.63, 3.8) is 0 Å². The molecule has 0 bridgehead atoms. The van der Waals surface area contributed by atoms with Gasteiger partial charge in [-0.25, -0.2) is 14.4 Å². The maximum absolute atomic E-state index is 13.2. The van der Waals surface area contributed by atoms with E-state index >= 15 is 0 Å². The van der Waals surface area contributed by atoms with Crippen LogP contribution in [0.2, 0.25) is 0 Å². The quantitative estimate of drug-likeness (QED) is 0.895. The van der Waals surface area contributed by atoms with Crippen LogP contribution in [0.25, 0.3) is 0 Å². The van der Waals surface area contributed by atoms with Crippen LogP contribution in [0.3, 0.4) is 0 Å². The molecule has 1 aromatic carbocycles. The van der Waals surface area contributed by atoms with E-state index < -0.39 is 0 Å². The monoisotopic (exact) mass is 356 g/mol. The molecule has 1 fully saturated rings. The largest absolute Gasteiger partial charge is 0.352 e. The van der Waals surface area contributed by atoms with Gasteiger partial charge in [-0.05, 0) is 63.5 Å². The lowest BCUT2D eigenvalue weighted by Crippen LogP contribution is -2.27. The number of aromatic nitrogens is 2. The summed E-state index contributed by atoms with van der Waals surface area (Å²) in [7, 11) is 2.11. The number of amides is 1. The van der Waals surface area contributed by atoms with Gasteiger partial charge >= 0.3 is 0 Å². The van der Waals surface area contributed by atoms with E-state index in [-0.39, 0.29) is 24.2 Å². The van der Waals surface area contributed by atoms with Gasteiger partial charge < -0.3 is 5.32 Å². The number of carbonyl (C=O) groups is 1. The molecule has 1 aliphatic rings. The van der Waals surface area contributed by atoms with Gasteiger partial charge in [0.1, 0.15) is 11.6 Å². The van der Waals surface area contributed by atoms with Gasteiger partial charge in [-0.2, -0.15) is 0 Å². The minimum atomic E-state index is -0.284. The first-order valence-corrected chi connectivity index (χ1v) is 8.98. The number of nitrogens with one attached hydrogen (secondary N) is 1. The summed E-state index contributed by atoms with van der Waals surface area (Å²) < 4.78 is 13.2. The Labute approximate surface area is 153 Å². The Hall–Kier alpha value is -2.34. The van der Waals surface area contributed by atoms with E-state index in [9.17, 15) is 9.18 Å². The topological polar surface area (TPSA) is 58.1 Å². The molecule has 0 aliphatic carbocycles. The van der Waals surface area contributed by atoms with E-state index in [4.69, 9.17) is 0 Å². The molecule has 5 nitrogen and oxygen atoms in total. The summed E-state index contributed by atoms with van der Waals surface area (Å²) in [6.07, 6.45) is 4.27. The fraction of sp³-hybridized carbons (Fsp3) is 0.450. The molecular formula is C20H25FN4O. The summed E-state index contributed by atoms with van der Waals surface area (Å²) >= 11 is 0. The molecule has 0 spiro atoms. The predicted molar refractivity (Wildman–Crippen MR) is 98.1 cm³/mol. The van der Waals surface area contributed by atoms with E-state index in [0.717, 1.165) is 47.6 Å². The smallest absolute Gasteiger partial charge is 0.224 e. The average Bonchev–Trinajstić information content (AvgIpc) is 3.02. The highest BCUT2D eigenvalue weighted by molar-refractivity contribution is 5.78. The summed E-state index contributed by atoms with van der Waals surface area (Å²) in [5.74, 6) is 0.372. The maximum atomic E-state index is 13.2. The second kappa shape index (κ2) is 7.91. The lowest BCUT2D eigenvalue weighted by molar-refractivity contribution is -0.120. The number of hydrogen-bond acceptors (Lipinski definition) is 4. The predicted octanol–water partition coefficient (Wildman–Crippen LogP) is 2.86. The Balaban J connectivity index is 1.68. The number of likely N-dealkylation sites (tertiary alicyclic amines) is 1. The molecule has 0 unspecified atom stereocenters. The Bertz CT molecular complexity index is 808. The molecule has 1 saturated heterocycles. The van der Waals surface area contributed by atoms with E-state index in [1.54, 1.807) is 6.07 Å². The van der Waals surface area contributed by atoms with Crippen LogP contribution < -0.4 is 5.32 Å². The van der Waals surface area contributed by atoms with Crippen molar-refractivity contribution in [1.82, 2.24) is 20.2 Å². The van der Waals surface area contributed by atoms with Gasteiger partial charge in [-0.1, -0.05) is 6.07 Å². The Morgan fingerprint density at radius 2 is 2.15 bits per heavy atom. The van der Waals surface area contributed by atoms with E-state index in [2.05, 4.69) is 27.2 Å². The number of carbonyl (C=O) groups excluding carboxylic acids is 1. The third-order valence-electron chi connectivity index (χ3n) is 4.99. The number of aryl methyl sites for hydroxylation is 2. The molecule has 2 heterocycles. The molecule has 0 radical (unpaired) electrons. The summed E-state index contributed by atoms with van der Waals surface area (Å²) in [6.45, 7) is 5.16. The van der Waals surface area contributed by atoms with Crippen LogP contribution in [0, 0.1) is 19.7 Å². The van der Waals surface area contributed by atoms with Crippen LogP contribution in [-0.2, 0) is 17.8 Å². The molecule has 2 aromatic rings. The first-order chi connectivity index (χ1) is 12.4. The van der Waals surface area contributed by atoms with Gasteiger partial charge in [0.15, 0.2) is 0 Å². The highest BCUT2D eigenvalue weighted by Crippen LogP contribution is 2.31. The first-order valence-electron chi connectivity index (χ1n) is 8.98. The summed E-state index contributed by atoms with van der Waals surface area (Å²) in [5.41, 5.74) is 3.58. The zero-order valence-electron chi connectivity index (χ0n) is 15.6. The van der Waals surface area contributed by atoms with E-state index in [1.807, 2.05) is 20.0 Å². The van der Waals surface area contributed by atoms with Crippen molar-refractivity contribution in [2.75, 3.05) is 13.6 Å². The minimum absolute atomic E-state index is 0.0917. The fourth-order valence-corrected chi connectivity index (χ4v) is 3.48. The molecule has 6 heteroatoms. The Morgan fingerprint density at radius 1 is 1.35 bits per heavy atom. The van der Waals surface area contributed by atoms with Crippen molar-refractivity contribution < 1.29 is 9.18 Å². The zero-order chi connectivity index (χ0) is 18.7. The fourth-order valence-electron chi connectivity index (χ4n) is 3.48. The van der Waals surface area contributed by atoms with Crippen molar-refractivity contribution in [2.24, 2.45) is 0 Å². The minimum Gasteiger partial charge on any atom is -0.352 e. The van der Waals surface area contributed by atoms with Gasteiger partial charge in [0.25, 0.3) is 0 Å². The van der Waals surface area contributed by atoms with E-state index in [1.165, 1.54) is 12.1 Å². The molecule has 1 atom stereocenters. The zero-order valence-corrected chi connectivity index (χ0v) is 15.6. The van der Waals surface area contributed by atoms with Crippen LogP contribution >= 0.6 is 0 Å². The molecule has 26 heavy (non-hydrogen) atoms. The molecule has 3 rings (SSSR count). The van der Waals surface area contributed by atoms with Crippen molar-refractivity contribution in [1.29, 1.82) is 0 Å². The van der Waals surface area contributed by atoms with Crippen molar-refractivity contribution in [3.05, 3.63) is 58.4 Å². The van der Waals surface area contributed by atoms with Gasteiger partial charge in [-0.3, -0.25) is 9.69 Å². The van der Waals surface area contributed by atoms with E-state index in [0.29, 0.717) is 6.54 Å². The molecule has 138 valence electrons. The molecule has 0 saturated carbocycles. The van der Waals surface area contributed by atoms with Crippen molar-refractivity contribution in [2.45, 2.75) is 45.7 Å². The van der Waals surface area contributed by atoms with Crippen LogP contribution in [0.1, 0.15) is 47.1 Å². The van der Waals surface area contributed by atoms with Gasteiger partial charge in [-0.15, -0.1) is 0 Å². The lowest BCUT2D eigenvalue weighted by atomic mass is 10.0. The summed E-state index contributed by atoms with van der Waals surface area (Å²) in [5, 5.41) is 2.96. The number of hydrogen-bond donors (Lipinski definition) is 1. The second-order valence-corrected chi connectivity index (χ2v) is 6.99.